The molecule has 20 radical (unpaired) electrons. The van der Waals surface area contributed by atoms with Gasteiger partial charge in [-0.05, 0) is 21.5 Å². The highest BCUT2D eigenvalue weighted by atomic mass is 14.1. The minimum absolute atomic E-state index is 0.111. The number of benzene rings is 3. The van der Waals surface area contributed by atoms with Crippen molar-refractivity contribution in [3.8, 4) is 0 Å². The molecular weight excluding hydrogens is 276 g/mol. The van der Waals surface area contributed by atoms with Crippen molar-refractivity contribution in [2.75, 3.05) is 0 Å². The summed E-state index contributed by atoms with van der Waals surface area (Å²) in [6.07, 6.45) is 0. The summed E-state index contributed by atoms with van der Waals surface area (Å²) in [6.45, 7) is 0. The van der Waals surface area contributed by atoms with Crippen molar-refractivity contribution in [2.24, 2.45) is 0 Å². The Kier molecular flexibility index (Phi) is 4.18. The third-order valence-electron chi connectivity index (χ3n) is 4.40. The summed E-state index contributed by atoms with van der Waals surface area (Å²) in [5.74, 6) is 0. The average molecular weight is 276 g/mol. The first-order chi connectivity index (χ1) is 11.1. The minimum Gasteiger partial charge on any atom is -0.110 e. The van der Waals surface area contributed by atoms with E-state index >= 15 is 0 Å². The first-order valence-electron chi connectivity index (χ1n) is 6.89. The van der Waals surface area contributed by atoms with Crippen molar-refractivity contribution in [2.45, 2.75) is 0 Å². The van der Waals surface area contributed by atoms with Crippen molar-refractivity contribution in [1.29, 1.82) is 0 Å². The molecule has 3 rings (SSSR count). The fraction of sp³-hybridized carbons (Fsp3) is 0. The van der Waals surface area contributed by atoms with Crippen LogP contribution in [0.1, 0.15) is 0 Å². The van der Waals surface area contributed by atoms with Gasteiger partial charge in [-0.2, -0.15) is 0 Å². The van der Waals surface area contributed by atoms with Crippen LogP contribution in [0, 0.1) is 0 Å². The van der Waals surface area contributed by atoms with Gasteiger partial charge in [-0.3, -0.25) is 0 Å². The van der Waals surface area contributed by atoms with Gasteiger partial charge in [0.15, 0.2) is 0 Å². The number of hydrogen-bond acceptors (Lipinski definition) is 0. The molecule has 0 saturated heterocycles. The Morgan fingerprint density at radius 2 is 0.375 bits per heavy atom. The Bertz CT molecular complexity index is 889. The summed E-state index contributed by atoms with van der Waals surface area (Å²) in [5, 5.41) is 1.39. The number of fused-ring (bicyclic) bond motifs is 2. The van der Waals surface area contributed by atoms with Crippen LogP contribution >= 0.6 is 0 Å². The Morgan fingerprint density at radius 3 is 0.542 bits per heavy atom. The van der Waals surface area contributed by atoms with Gasteiger partial charge in [0.05, 0.1) is 0 Å². The number of hydrogen-bond donors (Lipinski definition) is 0. The summed E-state index contributed by atoms with van der Waals surface area (Å²) in [6, 6.07) is 0. The highest BCUT2D eigenvalue weighted by Crippen LogP contribution is 2.10. The Balaban J connectivity index is 2.82. The van der Waals surface area contributed by atoms with Crippen molar-refractivity contribution in [1.82, 2.24) is 0 Å². The van der Waals surface area contributed by atoms with Gasteiger partial charge in [-0.1, -0.05) is 32.8 Å². The van der Waals surface area contributed by atoms with E-state index in [1.165, 1.54) is 0 Å². The molecule has 0 nitrogen and oxygen atoms in total. The maximum Gasteiger partial charge on any atom is 0.115 e. The predicted octanol–water partition coefficient (Wildman–Crippen LogP) is -8.07. The van der Waals surface area contributed by atoms with Crippen LogP contribution in [0.3, 0.4) is 0 Å². The molecule has 0 atom stereocenters. The molecule has 0 spiro atoms. The second-order valence-electron chi connectivity index (χ2n) is 5.64. The van der Waals surface area contributed by atoms with Crippen molar-refractivity contribution in [3.63, 3.8) is 0 Å². The fourth-order valence-electron chi connectivity index (χ4n) is 3.03. The molecule has 0 aliphatic carbocycles. The molecule has 0 unspecified atom stereocenters. The lowest BCUT2D eigenvalue weighted by Gasteiger charge is -2.26. The predicted molar refractivity (Wildman–Crippen MR) is 115 cm³/mol. The van der Waals surface area contributed by atoms with Crippen LogP contribution in [0.2, 0.25) is 0 Å². The zero-order chi connectivity index (χ0) is 18.1. The lowest BCUT2D eigenvalue weighted by atomic mass is 9.57. The first kappa shape index (κ1) is 17.6. The van der Waals surface area contributed by atoms with Crippen LogP contribution in [0.5, 0.6) is 0 Å². The van der Waals surface area contributed by atoms with Gasteiger partial charge in [0.1, 0.15) is 78.5 Å². The van der Waals surface area contributed by atoms with Crippen LogP contribution < -0.4 is 54.6 Å². The third-order valence-corrected chi connectivity index (χ3v) is 4.40. The quantitative estimate of drug-likeness (QED) is 0.283. The van der Waals surface area contributed by atoms with E-state index in [2.05, 4.69) is 0 Å². The lowest BCUT2D eigenvalue weighted by Crippen LogP contribution is -2.53. The van der Waals surface area contributed by atoms with Crippen molar-refractivity contribution in [3.05, 3.63) is 0 Å². The average Bonchev–Trinajstić information content (AvgIpc) is 2.55. The summed E-state index contributed by atoms with van der Waals surface area (Å²) >= 11 is 0. The summed E-state index contributed by atoms with van der Waals surface area (Å²) in [5.41, 5.74) is 1.43. The van der Waals surface area contributed by atoms with Gasteiger partial charge in [0.25, 0.3) is 0 Å². The topological polar surface area (TPSA) is 0 Å². The smallest absolute Gasteiger partial charge is 0.110 e. The molecule has 3 aromatic carbocycles. The SMILES string of the molecule is [B]c1c([B])c([B])c2c([B])c3c([B])c([B])c([B])c([B])c3c([B])c2c1[B]. The normalized spacial score (nSPS) is 11.3. The van der Waals surface area contributed by atoms with Gasteiger partial charge >= 0.3 is 0 Å². The standard InChI is InChI=1S/C14B10/c15-5-1-2(8(18)12(22)11(21)7(1)17)6(16)4-3(5)9(19)13(23)14(24)10(4)20. The van der Waals surface area contributed by atoms with Gasteiger partial charge in [0, 0.05) is 0 Å². The number of rotatable bonds is 0. The van der Waals surface area contributed by atoms with E-state index in [1.54, 1.807) is 0 Å². The molecule has 3 aromatic rings. The van der Waals surface area contributed by atoms with Crippen molar-refractivity contribution >= 4 is 155 Å². The van der Waals surface area contributed by atoms with Crippen LogP contribution in [0.25, 0.3) is 21.5 Å². The van der Waals surface area contributed by atoms with E-state index < -0.39 is 0 Å². The molecule has 0 aliphatic rings. The molecule has 0 aliphatic heterocycles. The second kappa shape index (κ2) is 5.68. The zero-order valence-electron chi connectivity index (χ0n) is 12.8. The molecule has 0 bridgehead atoms. The molecule has 0 N–H and O–H groups in total. The maximum atomic E-state index is 6.28. The molecule has 0 heterocycles. The van der Waals surface area contributed by atoms with E-state index in [0.717, 1.165) is 0 Å². The highest BCUT2D eigenvalue weighted by Gasteiger charge is 2.18. The minimum atomic E-state index is 0.111. The molecule has 0 aromatic heterocycles. The Labute approximate surface area is 154 Å². The summed E-state index contributed by atoms with van der Waals surface area (Å²) in [4.78, 5) is 0. The molecular formula is C14B10. The third kappa shape index (κ3) is 2.07. The van der Waals surface area contributed by atoms with E-state index in [0.29, 0.717) is 21.5 Å². The Morgan fingerprint density at radius 1 is 0.208 bits per heavy atom. The van der Waals surface area contributed by atoms with Crippen LogP contribution in [0.15, 0.2) is 0 Å². The second-order valence-corrected chi connectivity index (χ2v) is 5.64. The first-order valence-corrected chi connectivity index (χ1v) is 6.89. The molecule has 86 valence electrons. The van der Waals surface area contributed by atoms with Gasteiger partial charge in [0.2, 0.25) is 0 Å². The molecule has 0 saturated carbocycles. The maximum absolute atomic E-state index is 6.28. The van der Waals surface area contributed by atoms with Crippen molar-refractivity contribution < 1.29 is 0 Å². The molecule has 24 heavy (non-hydrogen) atoms. The van der Waals surface area contributed by atoms with Crippen LogP contribution in [-0.4, -0.2) is 78.5 Å². The highest BCUT2D eigenvalue weighted by molar-refractivity contribution is 6.75. The molecule has 10 heteroatoms. The fourth-order valence-corrected chi connectivity index (χ4v) is 3.03. The summed E-state index contributed by atoms with van der Waals surface area (Å²) in [7, 11) is 60.5. The monoisotopic (exact) mass is 278 g/mol. The van der Waals surface area contributed by atoms with Crippen LogP contribution in [-0.2, 0) is 0 Å². The van der Waals surface area contributed by atoms with Crippen LogP contribution in [0.4, 0.5) is 0 Å². The van der Waals surface area contributed by atoms with E-state index in [9.17, 15) is 0 Å². The zero-order valence-corrected chi connectivity index (χ0v) is 12.8. The van der Waals surface area contributed by atoms with E-state index in [4.69, 9.17) is 78.5 Å². The van der Waals surface area contributed by atoms with E-state index in [-0.39, 0.29) is 54.6 Å². The van der Waals surface area contributed by atoms with E-state index in [1.807, 2.05) is 0 Å². The molecule has 0 amide bonds. The molecule has 0 fully saturated rings. The summed E-state index contributed by atoms with van der Waals surface area (Å²) < 4.78 is 0. The lowest BCUT2D eigenvalue weighted by molar-refractivity contribution is 2.06. The largest absolute Gasteiger partial charge is 0.115 e. The van der Waals surface area contributed by atoms with Gasteiger partial charge < -0.3 is 0 Å². The van der Waals surface area contributed by atoms with Gasteiger partial charge in [-0.15, -0.1) is 21.9 Å². The Hall–Kier alpha value is -1.17. The van der Waals surface area contributed by atoms with Gasteiger partial charge in [-0.25, -0.2) is 0 Å².